The first-order valence-corrected chi connectivity index (χ1v) is 11.8. The summed E-state index contributed by atoms with van der Waals surface area (Å²) in [5, 5.41) is 17.7. The summed E-state index contributed by atoms with van der Waals surface area (Å²) in [6, 6.07) is 16.9. The molecule has 1 unspecified atom stereocenters. The lowest BCUT2D eigenvalue weighted by atomic mass is 9.82. The number of unbranched alkanes of at least 4 members (excludes halogenated alkanes) is 1. The van der Waals surface area contributed by atoms with Gasteiger partial charge in [0.25, 0.3) is 5.91 Å². The molecule has 0 fully saturated rings. The summed E-state index contributed by atoms with van der Waals surface area (Å²) < 4.78 is 5.37. The lowest BCUT2D eigenvalue weighted by molar-refractivity contribution is -0.113. The molecule has 0 spiro atoms. The van der Waals surface area contributed by atoms with Gasteiger partial charge in [0, 0.05) is 16.3 Å². The van der Waals surface area contributed by atoms with Crippen molar-refractivity contribution in [2.45, 2.75) is 32.6 Å². The fourth-order valence-electron chi connectivity index (χ4n) is 3.60. The molecule has 1 amide bonds. The smallest absolute Gasteiger partial charge is 0.254 e. The van der Waals surface area contributed by atoms with E-state index in [4.69, 9.17) is 16.3 Å². The summed E-state index contributed by atoms with van der Waals surface area (Å²) in [5.41, 5.74) is 2.94. The second kappa shape index (κ2) is 11.1. The van der Waals surface area contributed by atoms with Gasteiger partial charge in [-0.05, 0) is 42.9 Å². The first-order chi connectivity index (χ1) is 15.5. The van der Waals surface area contributed by atoms with Gasteiger partial charge in [-0.1, -0.05) is 55.3 Å². The van der Waals surface area contributed by atoms with Gasteiger partial charge in [0.1, 0.15) is 5.75 Å². The van der Waals surface area contributed by atoms with E-state index in [0.29, 0.717) is 33.3 Å². The van der Waals surface area contributed by atoms with Crippen molar-refractivity contribution in [3.8, 4) is 11.8 Å². The Balaban J connectivity index is 2.07. The maximum Gasteiger partial charge on any atom is 0.254 e. The van der Waals surface area contributed by atoms with Crippen LogP contribution in [-0.2, 0) is 4.79 Å². The molecule has 166 valence electrons. The number of amides is 1. The van der Waals surface area contributed by atoms with Gasteiger partial charge in [0.2, 0.25) is 0 Å². The maximum atomic E-state index is 13.5. The number of para-hydroxylation sites is 2. The molecule has 2 aromatic rings. The second-order valence-electron chi connectivity index (χ2n) is 7.33. The van der Waals surface area contributed by atoms with Gasteiger partial charge in [-0.2, -0.15) is 5.26 Å². The van der Waals surface area contributed by atoms with Crippen LogP contribution in [0.3, 0.4) is 0 Å². The number of benzene rings is 2. The number of thioether (sulfide) groups is 1. The molecule has 1 atom stereocenters. The van der Waals surface area contributed by atoms with Crippen molar-refractivity contribution >= 4 is 35.0 Å². The van der Waals surface area contributed by atoms with E-state index in [1.165, 1.54) is 0 Å². The van der Waals surface area contributed by atoms with E-state index in [2.05, 4.69) is 23.6 Å². The van der Waals surface area contributed by atoms with Crippen LogP contribution < -0.4 is 15.4 Å². The van der Waals surface area contributed by atoms with Crippen molar-refractivity contribution in [3.05, 3.63) is 81.0 Å². The number of allylic oxidation sites excluding steroid dienone is 2. The number of rotatable bonds is 8. The largest absolute Gasteiger partial charge is 0.495 e. The average Bonchev–Trinajstić information content (AvgIpc) is 2.79. The van der Waals surface area contributed by atoms with Crippen LogP contribution in [0.25, 0.3) is 0 Å². The number of nitrogens with zero attached hydrogens (tertiary/aromatic N) is 1. The molecule has 32 heavy (non-hydrogen) atoms. The van der Waals surface area contributed by atoms with E-state index in [0.717, 1.165) is 29.2 Å². The Bertz CT molecular complexity index is 1100. The van der Waals surface area contributed by atoms with Gasteiger partial charge in [0.15, 0.2) is 0 Å². The van der Waals surface area contributed by atoms with E-state index in [-0.39, 0.29) is 5.91 Å². The number of carbonyl (C=O) groups is 1. The summed E-state index contributed by atoms with van der Waals surface area (Å²) in [4.78, 5) is 13.5. The number of carbonyl (C=O) groups excluding carboxylic acids is 1. The molecule has 2 N–H and O–H groups in total. The maximum absolute atomic E-state index is 13.5. The lowest BCUT2D eigenvalue weighted by Crippen LogP contribution is -2.31. The highest BCUT2D eigenvalue weighted by Crippen LogP contribution is 2.43. The van der Waals surface area contributed by atoms with Crippen LogP contribution in [0.1, 0.15) is 38.2 Å². The summed E-state index contributed by atoms with van der Waals surface area (Å²) in [6.45, 7) is 3.99. The fraction of sp³-hybridized carbons (Fsp3) is 0.280. The molecule has 5 nitrogen and oxygen atoms in total. The van der Waals surface area contributed by atoms with E-state index in [9.17, 15) is 10.1 Å². The molecule has 7 heteroatoms. The van der Waals surface area contributed by atoms with Crippen molar-refractivity contribution in [1.29, 1.82) is 5.26 Å². The first kappa shape index (κ1) is 23.8. The number of hydrogen-bond donors (Lipinski definition) is 2. The molecule has 0 saturated heterocycles. The molecule has 0 aromatic heterocycles. The van der Waals surface area contributed by atoms with E-state index >= 15 is 0 Å². The van der Waals surface area contributed by atoms with Gasteiger partial charge in [0.05, 0.1) is 35.4 Å². The molecular weight excluding hydrogens is 442 g/mol. The molecule has 2 aromatic carbocycles. The molecule has 3 rings (SSSR count). The Labute approximate surface area is 198 Å². The SMILES string of the molecule is CCCCSC1=C(C#N)C(c2ccccc2Cl)C(C(=O)Nc2ccccc2OC)=C(C)N1. The van der Waals surface area contributed by atoms with Crippen molar-refractivity contribution in [2.24, 2.45) is 0 Å². The highest BCUT2D eigenvalue weighted by Gasteiger charge is 2.35. The Kier molecular flexibility index (Phi) is 8.26. The Morgan fingerprint density at radius 2 is 1.97 bits per heavy atom. The molecule has 0 bridgehead atoms. The second-order valence-corrected chi connectivity index (χ2v) is 8.84. The molecule has 0 radical (unpaired) electrons. The highest BCUT2D eigenvalue weighted by molar-refractivity contribution is 8.03. The third-order valence-corrected chi connectivity index (χ3v) is 6.66. The van der Waals surface area contributed by atoms with E-state index < -0.39 is 5.92 Å². The Morgan fingerprint density at radius 3 is 2.66 bits per heavy atom. The number of dihydropyridines is 1. The van der Waals surface area contributed by atoms with Gasteiger partial charge in [-0.25, -0.2) is 0 Å². The van der Waals surface area contributed by atoms with E-state index in [1.54, 1.807) is 37.1 Å². The van der Waals surface area contributed by atoms with Crippen LogP contribution in [0.2, 0.25) is 5.02 Å². The monoisotopic (exact) mass is 467 g/mol. The zero-order chi connectivity index (χ0) is 23.1. The number of methoxy groups -OCH3 is 1. The molecule has 0 aliphatic carbocycles. The molecule has 1 aliphatic heterocycles. The van der Waals surface area contributed by atoms with Gasteiger partial charge < -0.3 is 15.4 Å². The van der Waals surface area contributed by atoms with Crippen LogP contribution in [0, 0.1) is 11.3 Å². The number of nitrogens with one attached hydrogen (secondary N) is 2. The summed E-state index contributed by atoms with van der Waals surface area (Å²) in [6.07, 6.45) is 2.10. The fourth-order valence-corrected chi connectivity index (χ4v) is 5.03. The van der Waals surface area contributed by atoms with Crippen molar-refractivity contribution in [3.63, 3.8) is 0 Å². The summed E-state index contributed by atoms with van der Waals surface area (Å²) in [5.74, 6) is 0.558. The number of hydrogen-bond acceptors (Lipinski definition) is 5. The van der Waals surface area contributed by atoms with Crippen LogP contribution >= 0.6 is 23.4 Å². The number of halogens is 1. The zero-order valence-electron chi connectivity index (χ0n) is 18.4. The zero-order valence-corrected chi connectivity index (χ0v) is 19.9. The van der Waals surface area contributed by atoms with Gasteiger partial charge >= 0.3 is 0 Å². The topological polar surface area (TPSA) is 74.2 Å². The summed E-state index contributed by atoms with van der Waals surface area (Å²) >= 11 is 8.15. The Hall–Kier alpha value is -2.88. The normalized spacial score (nSPS) is 15.8. The van der Waals surface area contributed by atoms with Gasteiger partial charge in [-0.15, -0.1) is 11.8 Å². The van der Waals surface area contributed by atoms with Crippen molar-refractivity contribution in [2.75, 3.05) is 18.2 Å². The quantitative estimate of drug-likeness (QED) is 0.451. The molecular formula is C25H26ClN3O2S. The minimum Gasteiger partial charge on any atom is -0.495 e. The molecule has 1 aliphatic rings. The van der Waals surface area contributed by atoms with Crippen LogP contribution in [-0.4, -0.2) is 18.8 Å². The third kappa shape index (κ3) is 5.12. The first-order valence-electron chi connectivity index (χ1n) is 10.4. The number of anilines is 1. The molecule has 0 saturated carbocycles. The minimum absolute atomic E-state index is 0.310. The van der Waals surface area contributed by atoms with Crippen LogP contribution in [0.5, 0.6) is 5.75 Å². The predicted molar refractivity (Wildman–Crippen MR) is 132 cm³/mol. The van der Waals surface area contributed by atoms with Crippen LogP contribution in [0.4, 0.5) is 5.69 Å². The van der Waals surface area contributed by atoms with Crippen LogP contribution in [0.15, 0.2) is 70.4 Å². The van der Waals surface area contributed by atoms with E-state index in [1.807, 2.05) is 37.3 Å². The summed E-state index contributed by atoms with van der Waals surface area (Å²) in [7, 11) is 1.56. The predicted octanol–water partition coefficient (Wildman–Crippen LogP) is 6.22. The minimum atomic E-state index is -0.575. The Morgan fingerprint density at radius 1 is 1.25 bits per heavy atom. The van der Waals surface area contributed by atoms with Crippen molar-refractivity contribution in [1.82, 2.24) is 5.32 Å². The number of nitriles is 1. The van der Waals surface area contributed by atoms with Gasteiger partial charge in [-0.3, -0.25) is 4.79 Å². The van der Waals surface area contributed by atoms with Crippen molar-refractivity contribution < 1.29 is 9.53 Å². The standard InChI is InChI=1S/C25H26ClN3O2S/c1-4-5-14-32-25-18(15-27)23(17-10-6-7-11-19(17)26)22(16(2)28-25)24(30)29-20-12-8-9-13-21(20)31-3/h6-13,23,28H,4-5,14H2,1-3H3,(H,29,30). The highest BCUT2D eigenvalue weighted by atomic mass is 35.5. The number of ether oxygens (including phenoxy) is 1. The molecule has 1 heterocycles. The lowest BCUT2D eigenvalue weighted by Gasteiger charge is -2.30. The third-order valence-electron chi connectivity index (χ3n) is 5.21. The average molecular weight is 468 g/mol.